The SMILES string of the molecule is C(=C\c1[nH]c2ccccc2c1/C=C/c1ccccn1)/c1ccccn1. The summed E-state index contributed by atoms with van der Waals surface area (Å²) in [7, 11) is 0. The van der Waals surface area contributed by atoms with Crippen molar-refractivity contribution in [3.8, 4) is 0 Å². The van der Waals surface area contributed by atoms with Gasteiger partial charge in [-0.15, -0.1) is 0 Å². The predicted molar refractivity (Wildman–Crippen MR) is 105 cm³/mol. The maximum Gasteiger partial charge on any atom is 0.0630 e. The van der Waals surface area contributed by atoms with E-state index in [1.54, 1.807) is 12.4 Å². The van der Waals surface area contributed by atoms with Crippen LogP contribution in [0.1, 0.15) is 22.6 Å². The van der Waals surface area contributed by atoms with E-state index in [0.29, 0.717) is 0 Å². The second kappa shape index (κ2) is 6.97. The van der Waals surface area contributed by atoms with E-state index in [4.69, 9.17) is 0 Å². The zero-order chi connectivity index (χ0) is 16.9. The smallest absolute Gasteiger partial charge is 0.0630 e. The van der Waals surface area contributed by atoms with Crippen molar-refractivity contribution < 1.29 is 0 Å². The maximum atomic E-state index is 4.36. The van der Waals surface area contributed by atoms with Crippen LogP contribution in [0.4, 0.5) is 0 Å². The van der Waals surface area contributed by atoms with Gasteiger partial charge in [0.2, 0.25) is 0 Å². The minimum absolute atomic E-state index is 0.931. The van der Waals surface area contributed by atoms with Gasteiger partial charge in [0.1, 0.15) is 0 Å². The van der Waals surface area contributed by atoms with Crippen molar-refractivity contribution in [1.29, 1.82) is 0 Å². The summed E-state index contributed by atoms with van der Waals surface area (Å²) in [5.74, 6) is 0. The van der Waals surface area contributed by atoms with Crippen molar-refractivity contribution in [3.05, 3.63) is 95.7 Å². The number of aromatic amines is 1. The molecule has 4 aromatic rings. The number of pyridine rings is 2. The van der Waals surface area contributed by atoms with Crippen LogP contribution in [0, 0.1) is 0 Å². The van der Waals surface area contributed by atoms with Gasteiger partial charge >= 0.3 is 0 Å². The van der Waals surface area contributed by atoms with Gasteiger partial charge in [-0.25, -0.2) is 0 Å². The second-order valence-corrected chi connectivity index (χ2v) is 5.67. The first-order valence-corrected chi connectivity index (χ1v) is 8.19. The van der Waals surface area contributed by atoms with Crippen molar-refractivity contribution in [2.75, 3.05) is 0 Å². The summed E-state index contributed by atoms with van der Waals surface area (Å²) in [6.07, 6.45) is 11.8. The molecule has 3 heteroatoms. The first-order chi connectivity index (χ1) is 12.4. The lowest BCUT2D eigenvalue weighted by Gasteiger charge is -1.96. The number of hydrogen-bond acceptors (Lipinski definition) is 2. The number of H-pyrrole nitrogens is 1. The average Bonchev–Trinajstić information content (AvgIpc) is 3.04. The molecule has 0 aliphatic heterocycles. The lowest BCUT2D eigenvalue weighted by molar-refractivity contribution is 1.30. The molecule has 3 aromatic heterocycles. The van der Waals surface area contributed by atoms with E-state index in [1.165, 1.54) is 5.39 Å². The van der Waals surface area contributed by atoms with Crippen molar-refractivity contribution in [1.82, 2.24) is 15.0 Å². The monoisotopic (exact) mass is 323 g/mol. The third-order valence-corrected chi connectivity index (χ3v) is 3.99. The molecular formula is C22H17N3. The summed E-state index contributed by atoms with van der Waals surface area (Å²) in [5.41, 5.74) is 5.18. The highest BCUT2D eigenvalue weighted by Gasteiger charge is 2.06. The Morgan fingerprint density at radius 3 is 1.96 bits per heavy atom. The molecule has 4 rings (SSSR count). The summed E-state index contributed by atoms with van der Waals surface area (Å²) in [6.45, 7) is 0. The number of para-hydroxylation sites is 1. The van der Waals surface area contributed by atoms with Crippen LogP contribution >= 0.6 is 0 Å². The molecular weight excluding hydrogens is 306 g/mol. The predicted octanol–water partition coefficient (Wildman–Crippen LogP) is 5.30. The fraction of sp³-hybridized carbons (Fsp3) is 0. The van der Waals surface area contributed by atoms with Crippen molar-refractivity contribution in [3.63, 3.8) is 0 Å². The molecule has 1 aromatic carbocycles. The van der Waals surface area contributed by atoms with Crippen LogP contribution in [0.15, 0.2) is 73.1 Å². The molecule has 0 saturated heterocycles. The van der Waals surface area contributed by atoms with Crippen LogP contribution in [0.2, 0.25) is 0 Å². The van der Waals surface area contributed by atoms with Crippen LogP contribution in [0.5, 0.6) is 0 Å². The Morgan fingerprint density at radius 2 is 1.28 bits per heavy atom. The van der Waals surface area contributed by atoms with E-state index < -0.39 is 0 Å². The number of nitrogens with one attached hydrogen (secondary N) is 1. The Labute approximate surface area is 146 Å². The van der Waals surface area contributed by atoms with E-state index in [1.807, 2.05) is 54.6 Å². The summed E-state index contributed by atoms with van der Waals surface area (Å²) >= 11 is 0. The maximum absolute atomic E-state index is 4.36. The lowest BCUT2D eigenvalue weighted by atomic mass is 10.1. The molecule has 0 amide bonds. The Hall–Kier alpha value is -3.46. The zero-order valence-electron chi connectivity index (χ0n) is 13.6. The molecule has 0 aliphatic rings. The van der Waals surface area contributed by atoms with Gasteiger partial charge < -0.3 is 4.98 Å². The summed E-state index contributed by atoms with van der Waals surface area (Å²) in [6, 6.07) is 20.1. The summed E-state index contributed by atoms with van der Waals surface area (Å²) < 4.78 is 0. The van der Waals surface area contributed by atoms with Gasteiger partial charge in [0.05, 0.1) is 11.4 Å². The number of hydrogen-bond donors (Lipinski definition) is 1. The molecule has 120 valence electrons. The number of benzene rings is 1. The third-order valence-electron chi connectivity index (χ3n) is 3.99. The second-order valence-electron chi connectivity index (χ2n) is 5.67. The number of nitrogens with zero attached hydrogens (tertiary/aromatic N) is 2. The fourth-order valence-corrected chi connectivity index (χ4v) is 2.78. The Balaban J connectivity index is 1.76. The molecule has 0 bridgehead atoms. The van der Waals surface area contributed by atoms with Gasteiger partial charge in [0.25, 0.3) is 0 Å². The molecule has 0 radical (unpaired) electrons. The van der Waals surface area contributed by atoms with Crippen LogP contribution in [0.3, 0.4) is 0 Å². The Bertz CT molecular complexity index is 1030. The third kappa shape index (κ3) is 3.40. The van der Waals surface area contributed by atoms with Crippen molar-refractivity contribution >= 4 is 35.2 Å². The van der Waals surface area contributed by atoms with E-state index in [9.17, 15) is 0 Å². The largest absolute Gasteiger partial charge is 0.355 e. The molecule has 1 N–H and O–H groups in total. The number of aromatic nitrogens is 3. The number of fused-ring (bicyclic) bond motifs is 1. The van der Waals surface area contributed by atoms with Gasteiger partial charge in [-0.3, -0.25) is 9.97 Å². The van der Waals surface area contributed by atoms with Gasteiger partial charge in [-0.05, 0) is 48.6 Å². The molecule has 3 heterocycles. The molecule has 3 nitrogen and oxygen atoms in total. The Kier molecular flexibility index (Phi) is 4.21. The van der Waals surface area contributed by atoms with Gasteiger partial charge in [0, 0.05) is 34.6 Å². The standard InChI is InChI=1S/C22H17N3/c1-2-10-21-19(9-1)20(13-11-17-7-3-5-15-23-17)22(25-21)14-12-18-8-4-6-16-24-18/h1-16,25H/b13-11+,14-12+. The van der Waals surface area contributed by atoms with Gasteiger partial charge in [-0.1, -0.05) is 36.4 Å². The van der Waals surface area contributed by atoms with Crippen LogP contribution in [-0.4, -0.2) is 15.0 Å². The highest BCUT2D eigenvalue weighted by Crippen LogP contribution is 2.25. The first-order valence-electron chi connectivity index (χ1n) is 8.19. The summed E-state index contributed by atoms with van der Waals surface area (Å²) in [4.78, 5) is 12.2. The van der Waals surface area contributed by atoms with Crippen LogP contribution in [0.25, 0.3) is 35.2 Å². The van der Waals surface area contributed by atoms with E-state index >= 15 is 0 Å². The molecule has 0 unspecified atom stereocenters. The normalized spacial score (nSPS) is 11.7. The average molecular weight is 323 g/mol. The fourth-order valence-electron chi connectivity index (χ4n) is 2.78. The molecule has 0 spiro atoms. The van der Waals surface area contributed by atoms with E-state index in [0.717, 1.165) is 28.2 Å². The highest BCUT2D eigenvalue weighted by molar-refractivity contribution is 5.96. The van der Waals surface area contributed by atoms with Gasteiger partial charge in [0.15, 0.2) is 0 Å². The van der Waals surface area contributed by atoms with Crippen LogP contribution in [-0.2, 0) is 0 Å². The van der Waals surface area contributed by atoms with E-state index in [2.05, 4.69) is 45.3 Å². The quantitative estimate of drug-likeness (QED) is 0.554. The molecule has 0 aliphatic carbocycles. The van der Waals surface area contributed by atoms with E-state index in [-0.39, 0.29) is 0 Å². The molecule has 0 fully saturated rings. The number of rotatable bonds is 4. The highest BCUT2D eigenvalue weighted by atomic mass is 14.7. The minimum Gasteiger partial charge on any atom is -0.355 e. The topological polar surface area (TPSA) is 41.6 Å². The van der Waals surface area contributed by atoms with Crippen molar-refractivity contribution in [2.24, 2.45) is 0 Å². The lowest BCUT2D eigenvalue weighted by Crippen LogP contribution is -1.80. The minimum atomic E-state index is 0.931. The molecule has 25 heavy (non-hydrogen) atoms. The summed E-state index contributed by atoms with van der Waals surface area (Å²) in [5, 5.41) is 1.19. The Morgan fingerprint density at radius 1 is 0.640 bits per heavy atom. The molecule has 0 saturated carbocycles. The van der Waals surface area contributed by atoms with Crippen molar-refractivity contribution in [2.45, 2.75) is 0 Å². The molecule has 0 atom stereocenters. The zero-order valence-corrected chi connectivity index (χ0v) is 13.6. The first kappa shape index (κ1) is 15.1. The van der Waals surface area contributed by atoms with Crippen LogP contribution < -0.4 is 0 Å². The van der Waals surface area contributed by atoms with Gasteiger partial charge in [-0.2, -0.15) is 0 Å².